The molecule has 2 N–H and O–H groups in total. The van der Waals surface area contributed by atoms with E-state index in [-0.39, 0.29) is 23.5 Å². The first-order valence-electron chi connectivity index (χ1n) is 9.64. The van der Waals surface area contributed by atoms with E-state index in [0.29, 0.717) is 33.6 Å². The number of amides is 1. The molecular formula is C21H24N4O5S2. The van der Waals surface area contributed by atoms with Crippen molar-refractivity contribution >= 4 is 33.4 Å². The number of sulfonamides is 1. The van der Waals surface area contributed by atoms with Crippen molar-refractivity contribution in [3.8, 4) is 11.6 Å². The Morgan fingerprint density at radius 3 is 2.53 bits per heavy atom. The molecule has 0 radical (unpaired) electrons. The highest BCUT2D eigenvalue weighted by atomic mass is 32.2. The van der Waals surface area contributed by atoms with E-state index in [9.17, 15) is 13.2 Å². The summed E-state index contributed by atoms with van der Waals surface area (Å²) in [6.45, 7) is 3.69. The van der Waals surface area contributed by atoms with Crippen molar-refractivity contribution < 1.29 is 22.4 Å². The molecule has 0 bridgehead atoms. The van der Waals surface area contributed by atoms with Gasteiger partial charge in [-0.1, -0.05) is 0 Å². The zero-order valence-electron chi connectivity index (χ0n) is 18.1. The van der Waals surface area contributed by atoms with Gasteiger partial charge in [-0.3, -0.25) is 4.79 Å². The van der Waals surface area contributed by atoms with Crippen LogP contribution < -0.4 is 10.0 Å². The third-order valence-electron chi connectivity index (χ3n) is 4.41. The van der Waals surface area contributed by atoms with E-state index in [2.05, 4.69) is 20.0 Å². The van der Waals surface area contributed by atoms with Gasteiger partial charge >= 0.3 is 0 Å². The van der Waals surface area contributed by atoms with Crippen molar-refractivity contribution in [1.82, 2.24) is 14.7 Å². The number of nitrogens with zero attached hydrogens (tertiary/aromatic N) is 2. The quantitative estimate of drug-likeness (QED) is 0.356. The zero-order valence-corrected chi connectivity index (χ0v) is 19.7. The molecule has 3 aromatic rings. The first-order chi connectivity index (χ1) is 15.2. The van der Waals surface area contributed by atoms with Gasteiger partial charge in [-0.15, -0.1) is 11.8 Å². The monoisotopic (exact) mass is 476 g/mol. The SMILES string of the molecule is COCC(C)NS(=O)(=O)c1ccc(NC(=O)c2c(C)nc(-c3ccco3)nc2SC)cc1. The number of ether oxygens (including phenoxy) is 1. The van der Waals surface area contributed by atoms with E-state index in [1.54, 1.807) is 26.0 Å². The number of rotatable bonds is 9. The second-order valence-corrected chi connectivity index (χ2v) is 9.46. The molecule has 0 spiro atoms. The van der Waals surface area contributed by atoms with Crippen LogP contribution in [0, 0.1) is 6.92 Å². The number of nitrogens with one attached hydrogen (secondary N) is 2. The van der Waals surface area contributed by atoms with Crippen LogP contribution in [0.5, 0.6) is 0 Å². The number of furan rings is 1. The van der Waals surface area contributed by atoms with Gasteiger partial charge in [0.2, 0.25) is 10.0 Å². The molecule has 3 rings (SSSR count). The highest BCUT2D eigenvalue weighted by Crippen LogP contribution is 2.26. The molecule has 1 atom stereocenters. The summed E-state index contributed by atoms with van der Waals surface area (Å²) in [5.41, 5.74) is 1.30. The molecule has 0 aliphatic rings. The Kier molecular flexibility index (Phi) is 7.67. The lowest BCUT2D eigenvalue weighted by atomic mass is 10.2. The minimum absolute atomic E-state index is 0.0885. The number of hydrogen-bond donors (Lipinski definition) is 2. The lowest BCUT2D eigenvalue weighted by molar-refractivity contribution is 0.102. The van der Waals surface area contributed by atoms with Crippen LogP contribution in [-0.2, 0) is 14.8 Å². The Hall–Kier alpha value is -2.73. The van der Waals surface area contributed by atoms with Gasteiger partial charge in [0.1, 0.15) is 5.03 Å². The Bertz CT molecular complexity index is 1180. The van der Waals surface area contributed by atoms with E-state index in [4.69, 9.17) is 9.15 Å². The Labute approximate surface area is 191 Å². The van der Waals surface area contributed by atoms with Gasteiger partial charge in [0.15, 0.2) is 11.6 Å². The smallest absolute Gasteiger partial charge is 0.260 e. The molecule has 32 heavy (non-hydrogen) atoms. The first-order valence-corrected chi connectivity index (χ1v) is 12.3. The highest BCUT2D eigenvalue weighted by Gasteiger charge is 2.21. The van der Waals surface area contributed by atoms with Gasteiger partial charge < -0.3 is 14.5 Å². The molecule has 0 aliphatic carbocycles. The van der Waals surface area contributed by atoms with Crippen LogP contribution in [-0.4, -0.2) is 50.3 Å². The summed E-state index contributed by atoms with van der Waals surface area (Å²) in [6.07, 6.45) is 3.35. The lowest BCUT2D eigenvalue weighted by Gasteiger charge is -2.14. The second kappa shape index (κ2) is 10.3. The Morgan fingerprint density at radius 1 is 1.22 bits per heavy atom. The third kappa shape index (κ3) is 5.54. The fourth-order valence-corrected chi connectivity index (χ4v) is 4.85. The number of aromatic nitrogens is 2. The van der Waals surface area contributed by atoms with Gasteiger partial charge in [0, 0.05) is 18.8 Å². The largest absolute Gasteiger partial charge is 0.461 e. The van der Waals surface area contributed by atoms with E-state index >= 15 is 0 Å². The predicted molar refractivity (Wildman–Crippen MR) is 122 cm³/mol. The average molecular weight is 477 g/mol. The van der Waals surface area contributed by atoms with Gasteiger partial charge in [-0.05, 0) is 56.5 Å². The van der Waals surface area contributed by atoms with Crippen LogP contribution in [0.1, 0.15) is 23.0 Å². The number of carbonyl (C=O) groups is 1. The van der Waals surface area contributed by atoms with E-state index < -0.39 is 10.0 Å². The summed E-state index contributed by atoms with van der Waals surface area (Å²) in [7, 11) is -2.20. The number of anilines is 1. The number of methoxy groups -OCH3 is 1. The number of carbonyl (C=O) groups excluding carboxylic acids is 1. The molecule has 0 fully saturated rings. The Morgan fingerprint density at radius 2 is 1.94 bits per heavy atom. The van der Waals surface area contributed by atoms with Crippen LogP contribution in [0.3, 0.4) is 0 Å². The molecule has 0 aliphatic heterocycles. The van der Waals surface area contributed by atoms with Crippen LogP contribution in [0.25, 0.3) is 11.6 Å². The molecule has 1 amide bonds. The minimum Gasteiger partial charge on any atom is -0.461 e. The van der Waals surface area contributed by atoms with Gasteiger partial charge in [0.25, 0.3) is 5.91 Å². The number of hydrogen-bond acceptors (Lipinski definition) is 8. The van der Waals surface area contributed by atoms with Crippen LogP contribution >= 0.6 is 11.8 Å². The van der Waals surface area contributed by atoms with Gasteiger partial charge in [-0.25, -0.2) is 23.1 Å². The fraction of sp³-hybridized carbons (Fsp3) is 0.286. The number of thioether (sulfide) groups is 1. The van der Waals surface area contributed by atoms with Crippen molar-refractivity contribution in [2.75, 3.05) is 25.3 Å². The van der Waals surface area contributed by atoms with Crippen molar-refractivity contribution in [1.29, 1.82) is 0 Å². The van der Waals surface area contributed by atoms with Crippen LogP contribution in [0.15, 0.2) is 57.0 Å². The molecule has 9 nitrogen and oxygen atoms in total. The first kappa shape index (κ1) is 23.9. The lowest BCUT2D eigenvalue weighted by Crippen LogP contribution is -2.35. The van der Waals surface area contributed by atoms with E-state index in [0.717, 1.165) is 0 Å². The molecule has 0 saturated carbocycles. The fourth-order valence-electron chi connectivity index (χ4n) is 3.00. The molecule has 0 saturated heterocycles. The maximum absolute atomic E-state index is 12.9. The van der Waals surface area contributed by atoms with Gasteiger partial charge in [-0.2, -0.15) is 0 Å². The van der Waals surface area contributed by atoms with Crippen molar-refractivity contribution in [2.24, 2.45) is 0 Å². The average Bonchev–Trinajstić information content (AvgIpc) is 3.28. The predicted octanol–water partition coefficient (Wildman–Crippen LogP) is 3.33. The van der Waals surface area contributed by atoms with Crippen LogP contribution in [0.2, 0.25) is 0 Å². The van der Waals surface area contributed by atoms with Crippen molar-refractivity contribution in [2.45, 2.75) is 29.8 Å². The zero-order chi connectivity index (χ0) is 23.3. The summed E-state index contributed by atoms with van der Waals surface area (Å²) in [6, 6.07) is 9.03. The third-order valence-corrected chi connectivity index (χ3v) is 6.70. The van der Waals surface area contributed by atoms with E-state index in [1.807, 2.05) is 6.26 Å². The molecule has 170 valence electrons. The molecule has 2 heterocycles. The molecule has 1 aromatic carbocycles. The van der Waals surface area contributed by atoms with Crippen LogP contribution in [0.4, 0.5) is 5.69 Å². The Balaban J connectivity index is 1.79. The van der Waals surface area contributed by atoms with Crippen molar-refractivity contribution in [3.05, 3.63) is 53.9 Å². The summed E-state index contributed by atoms with van der Waals surface area (Å²) < 4.78 is 37.7. The topological polar surface area (TPSA) is 123 Å². The molecule has 11 heteroatoms. The second-order valence-electron chi connectivity index (χ2n) is 6.95. The molecule has 1 unspecified atom stereocenters. The number of aryl methyl sites for hydroxylation is 1. The molecular weight excluding hydrogens is 452 g/mol. The standard InChI is InChI=1S/C21H24N4O5S2/c1-13(12-29-3)25-32(27,28)16-9-7-15(8-10-16)23-20(26)18-14(2)22-19(24-21(18)31-4)17-6-5-11-30-17/h5-11,13,25H,12H2,1-4H3,(H,23,26). The maximum atomic E-state index is 12.9. The summed E-state index contributed by atoms with van der Waals surface area (Å²) in [5.74, 6) is 0.527. The van der Waals surface area contributed by atoms with E-state index in [1.165, 1.54) is 49.4 Å². The summed E-state index contributed by atoms with van der Waals surface area (Å²) >= 11 is 1.32. The molecule has 2 aromatic heterocycles. The summed E-state index contributed by atoms with van der Waals surface area (Å²) in [5, 5.41) is 3.29. The number of benzene rings is 1. The van der Waals surface area contributed by atoms with Crippen molar-refractivity contribution in [3.63, 3.8) is 0 Å². The normalized spacial score (nSPS) is 12.5. The minimum atomic E-state index is -3.70. The summed E-state index contributed by atoms with van der Waals surface area (Å²) in [4.78, 5) is 21.9. The maximum Gasteiger partial charge on any atom is 0.260 e. The highest BCUT2D eigenvalue weighted by molar-refractivity contribution is 7.98. The van der Waals surface area contributed by atoms with Gasteiger partial charge in [0.05, 0.1) is 29.0 Å².